The number of primary amides is 1. The number of nitrogens with one attached hydrogen (secondary N) is 1. The molecule has 0 aromatic heterocycles. The molecule has 0 radical (unpaired) electrons. The molecule has 0 spiro atoms. The number of carbonyl (C=O) groups is 1. The Kier molecular flexibility index (Phi) is 4.00. The van der Waals surface area contributed by atoms with Crippen molar-refractivity contribution in [3.05, 3.63) is 52.5 Å². The molecule has 1 amide bonds. The number of hydrogen-bond donors (Lipinski definition) is 4. The van der Waals surface area contributed by atoms with Gasteiger partial charge in [0, 0.05) is 17.8 Å². The van der Waals surface area contributed by atoms with E-state index in [0.717, 1.165) is 0 Å². The lowest BCUT2D eigenvalue weighted by Crippen LogP contribution is -2.11. The van der Waals surface area contributed by atoms with Crippen LogP contribution in [0, 0.1) is 0 Å². The number of benzene rings is 2. The molecule has 2 aromatic rings. The van der Waals surface area contributed by atoms with Crippen molar-refractivity contribution in [2.24, 2.45) is 5.73 Å². The molecule has 0 heterocycles. The predicted octanol–water partition coefficient (Wildman–Crippen LogP) is 2.46. The lowest BCUT2D eigenvalue weighted by atomic mass is 10.1. The molecule has 6 heteroatoms. The predicted molar refractivity (Wildman–Crippen MR) is 77.1 cm³/mol. The van der Waals surface area contributed by atoms with E-state index in [1.54, 1.807) is 24.3 Å². The first-order chi connectivity index (χ1) is 9.49. The first-order valence-electron chi connectivity index (χ1n) is 5.82. The zero-order valence-corrected chi connectivity index (χ0v) is 11.2. The third-order valence-electron chi connectivity index (χ3n) is 2.82. The molecule has 0 saturated carbocycles. The molecule has 104 valence electrons. The van der Waals surface area contributed by atoms with Gasteiger partial charge >= 0.3 is 0 Å². The van der Waals surface area contributed by atoms with Crippen LogP contribution in [0.25, 0.3) is 0 Å². The largest absolute Gasteiger partial charge is 0.504 e. The highest BCUT2D eigenvalue weighted by Crippen LogP contribution is 2.29. The van der Waals surface area contributed by atoms with Crippen molar-refractivity contribution in [2.45, 2.75) is 6.54 Å². The molecule has 0 bridgehead atoms. The first-order valence-corrected chi connectivity index (χ1v) is 6.20. The summed E-state index contributed by atoms with van der Waals surface area (Å²) in [4.78, 5) is 11.1. The second kappa shape index (κ2) is 5.71. The number of hydrogen-bond acceptors (Lipinski definition) is 4. The number of halogens is 1. The Morgan fingerprint density at radius 2 is 2.00 bits per heavy atom. The van der Waals surface area contributed by atoms with E-state index < -0.39 is 5.91 Å². The fraction of sp³-hybridized carbons (Fsp3) is 0.0714. The molecule has 0 fully saturated rings. The van der Waals surface area contributed by atoms with Crippen molar-refractivity contribution < 1.29 is 15.0 Å². The normalized spacial score (nSPS) is 10.2. The lowest BCUT2D eigenvalue weighted by molar-refractivity contribution is 0.100. The van der Waals surface area contributed by atoms with E-state index in [2.05, 4.69) is 5.32 Å². The number of anilines is 1. The highest BCUT2D eigenvalue weighted by molar-refractivity contribution is 6.34. The molecule has 0 saturated heterocycles. The van der Waals surface area contributed by atoms with Crippen molar-refractivity contribution in [1.82, 2.24) is 0 Å². The van der Waals surface area contributed by atoms with E-state index in [-0.39, 0.29) is 22.1 Å². The van der Waals surface area contributed by atoms with Crippen LogP contribution in [0.1, 0.15) is 15.9 Å². The van der Waals surface area contributed by atoms with Crippen LogP contribution in [0.3, 0.4) is 0 Å². The quantitative estimate of drug-likeness (QED) is 0.651. The average molecular weight is 293 g/mol. The van der Waals surface area contributed by atoms with Crippen molar-refractivity contribution >= 4 is 23.2 Å². The SMILES string of the molecule is NC(=O)c1ccc(NCc2cccc(O)c2O)cc1Cl. The van der Waals surface area contributed by atoms with Gasteiger partial charge in [0.1, 0.15) is 0 Å². The Morgan fingerprint density at radius 1 is 1.25 bits per heavy atom. The number of phenols is 2. The molecule has 20 heavy (non-hydrogen) atoms. The third kappa shape index (κ3) is 2.95. The summed E-state index contributed by atoms with van der Waals surface area (Å²) in [6.07, 6.45) is 0. The van der Waals surface area contributed by atoms with E-state index in [9.17, 15) is 15.0 Å². The summed E-state index contributed by atoms with van der Waals surface area (Å²) in [5, 5.41) is 22.3. The number of phenolic OH excluding ortho intramolecular Hbond substituents is 2. The Labute approximate surface area is 120 Å². The first kappa shape index (κ1) is 14.0. The fourth-order valence-electron chi connectivity index (χ4n) is 1.74. The van der Waals surface area contributed by atoms with E-state index in [1.807, 2.05) is 0 Å². The van der Waals surface area contributed by atoms with Crippen molar-refractivity contribution in [2.75, 3.05) is 5.32 Å². The van der Waals surface area contributed by atoms with Gasteiger partial charge in [-0.2, -0.15) is 0 Å². The standard InChI is InChI=1S/C14H13ClN2O3/c15-11-6-9(4-5-10(11)14(16)20)17-7-8-2-1-3-12(18)13(8)19/h1-6,17-19H,7H2,(H2,16,20). The van der Waals surface area contributed by atoms with Crippen LogP contribution in [0.5, 0.6) is 11.5 Å². The smallest absolute Gasteiger partial charge is 0.250 e. The maximum Gasteiger partial charge on any atom is 0.250 e. The van der Waals surface area contributed by atoms with Gasteiger partial charge in [-0.05, 0) is 24.3 Å². The minimum absolute atomic E-state index is 0.167. The van der Waals surface area contributed by atoms with Crippen LogP contribution >= 0.6 is 11.6 Å². The molecule has 0 aliphatic heterocycles. The maximum atomic E-state index is 11.1. The summed E-state index contributed by atoms with van der Waals surface area (Å²) in [5.74, 6) is -0.932. The number of amides is 1. The van der Waals surface area contributed by atoms with Crippen LogP contribution in [0.2, 0.25) is 5.02 Å². The summed E-state index contributed by atoms with van der Waals surface area (Å²) in [5.41, 5.74) is 6.62. The molecule has 5 nitrogen and oxygen atoms in total. The van der Waals surface area contributed by atoms with Gasteiger partial charge in [0.05, 0.1) is 10.6 Å². The van der Waals surface area contributed by atoms with Crippen LogP contribution in [-0.2, 0) is 6.54 Å². The number of carbonyl (C=O) groups excluding carboxylic acids is 1. The highest BCUT2D eigenvalue weighted by Gasteiger charge is 2.08. The van der Waals surface area contributed by atoms with Gasteiger partial charge in [-0.1, -0.05) is 23.7 Å². The summed E-state index contributed by atoms with van der Waals surface area (Å²) in [7, 11) is 0. The van der Waals surface area contributed by atoms with Gasteiger partial charge in [-0.15, -0.1) is 0 Å². The molecule has 0 aliphatic carbocycles. The van der Waals surface area contributed by atoms with Crippen molar-refractivity contribution in [3.8, 4) is 11.5 Å². The molecule has 5 N–H and O–H groups in total. The van der Waals surface area contributed by atoms with Gasteiger partial charge in [0.25, 0.3) is 0 Å². The third-order valence-corrected chi connectivity index (χ3v) is 3.13. The summed E-state index contributed by atoms with van der Waals surface area (Å²) in [6, 6.07) is 9.47. The molecule has 2 rings (SSSR count). The zero-order chi connectivity index (χ0) is 14.7. The number of aromatic hydroxyl groups is 2. The molecular formula is C14H13ClN2O3. The second-order valence-electron chi connectivity index (χ2n) is 4.20. The number of para-hydroxylation sites is 1. The van der Waals surface area contributed by atoms with Crippen molar-refractivity contribution in [3.63, 3.8) is 0 Å². The fourth-order valence-corrected chi connectivity index (χ4v) is 2.02. The van der Waals surface area contributed by atoms with E-state index in [1.165, 1.54) is 12.1 Å². The lowest BCUT2D eigenvalue weighted by Gasteiger charge is -2.10. The molecule has 0 unspecified atom stereocenters. The topological polar surface area (TPSA) is 95.6 Å². The van der Waals surface area contributed by atoms with Gasteiger partial charge in [-0.3, -0.25) is 4.79 Å². The number of rotatable bonds is 4. The minimum Gasteiger partial charge on any atom is -0.504 e. The summed E-state index contributed by atoms with van der Waals surface area (Å²) < 4.78 is 0. The highest BCUT2D eigenvalue weighted by atomic mass is 35.5. The number of nitrogens with two attached hydrogens (primary N) is 1. The van der Waals surface area contributed by atoms with E-state index in [0.29, 0.717) is 17.8 Å². The van der Waals surface area contributed by atoms with Crippen LogP contribution in [0.4, 0.5) is 5.69 Å². The summed E-state index contributed by atoms with van der Waals surface area (Å²) in [6.45, 7) is 0.298. The minimum atomic E-state index is -0.591. The maximum absolute atomic E-state index is 11.1. The van der Waals surface area contributed by atoms with Gasteiger partial charge in [0.2, 0.25) is 5.91 Å². The molecule has 2 aromatic carbocycles. The Morgan fingerprint density at radius 3 is 2.65 bits per heavy atom. The summed E-state index contributed by atoms with van der Waals surface area (Å²) >= 11 is 5.93. The van der Waals surface area contributed by atoms with Crippen LogP contribution in [-0.4, -0.2) is 16.1 Å². The molecule has 0 atom stereocenters. The molecule has 0 aliphatic rings. The van der Waals surface area contributed by atoms with E-state index >= 15 is 0 Å². The van der Waals surface area contributed by atoms with Crippen molar-refractivity contribution in [1.29, 1.82) is 0 Å². The molecular weight excluding hydrogens is 280 g/mol. The average Bonchev–Trinajstić information content (AvgIpc) is 2.40. The van der Waals surface area contributed by atoms with Gasteiger partial charge < -0.3 is 21.3 Å². The van der Waals surface area contributed by atoms with Gasteiger partial charge in [-0.25, -0.2) is 0 Å². The van der Waals surface area contributed by atoms with Gasteiger partial charge in [0.15, 0.2) is 11.5 Å². The van der Waals surface area contributed by atoms with Crippen LogP contribution in [0.15, 0.2) is 36.4 Å². The monoisotopic (exact) mass is 292 g/mol. The Hall–Kier alpha value is -2.40. The zero-order valence-electron chi connectivity index (χ0n) is 10.4. The Bertz CT molecular complexity index is 659. The van der Waals surface area contributed by atoms with E-state index in [4.69, 9.17) is 17.3 Å². The Balaban J connectivity index is 2.13. The van der Waals surface area contributed by atoms with Crippen LogP contribution < -0.4 is 11.1 Å². The second-order valence-corrected chi connectivity index (χ2v) is 4.60.